The highest BCUT2D eigenvalue weighted by atomic mass is 35.5. The fourth-order valence-electron chi connectivity index (χ4n) is 2.46. The van der Waals surface area contributed by atoms with Gasteiger partial charge in [0.25, 0.3) is 5.91 Å². The van der Waals surface area contributed by atoms with Crippen LogP contribution in [-0.4, -0.2) is 39.0 Å². The molecule has 134 valence electrons. The smallest absolute Gasteiger partial charge is 0.254 e. The van der Waals surface area contributed by atoms with Crippen molar-refractivity contribution in [3.8, 4) is 5.69 Å². The number of nitrogens with zero attached hydrogens (tertiary/aromatic N) is 4. The highest BCUT2D eigenvalue weighted by Gasteiger charge is 2.14. The van der Waals surface area contributed by atoms with Gasteiger partial charge in [-0.25, -0.2) is 4.68 Å². The largest absolute Gasteiger partial charge is 0.367 e. The van der Waals surface area contributed by atoms with Crippen LogP contribution in [0.4, 0.5) is 5.82 Å². The van der Waals surface area contributed by atoms with E-state index in [-0.39, 0.29) is 5.91 Å². The molecule has 1 amide bonds. The van der Waals surface area contributed by atoms with Crippen molar-refractivity contribution in [2.75, 3.05) is 18.4 Å². The maximum atomic E-state index is 12.4. The number of carbonyl (C=O) groups excluding carboxylic acids is 1. The van der Waals surface area contributed by atoms with E-state index in [9.17, 15) is 4.79 Å². The molecule has 0 aliphatic rings. The van der Waals surface area contributed by atoms with Crippen LogP contribution in [0.15, 0.2) is 42.6 Å². The second kappa shape index (κ2) is 7.97. The van der Waals surface area contributed by atoms with E-state index in [1.54, 1.807) is 23.0 Å². The third kappa shape index (κ3) is 4.18. The third-order valence-corrected chi connectivity index (χ3v) is 4.06. The van der Waals surface area contributed by atoms with Gasteiger partial charge in [-0.05, 0) is 44.2 Å². The number of nitrogens with one attached hydrogen (secondary N) is 2. The standard InChI is InChI=1S/C18H19ClN6O/c1-12-6-7-17(24-23-12)20-8-9-21-18(26)16-11-22-25(13(16)2)15-5-3-4-14(19)10-15/h3-7,10-11H,8-9H2,1-2H3,(H,20,24)(H,21,26). The number of hydrogen-bond donors (Lipinski definition) is 2. The molecule has 0 saturated heterocycles. The fourth-order valence-corrected chi connectivity index (χ4v) is 2.64. The minimum Gasteiger partial charge on any atom is -0.367 e. The van der Waals surface area contributed by atoms with Gasteiger partial charge < -0.3 is 10.6 Å². The molecule has 0 fully saturated rings. The third-order valence-electron chi connectivity index (χ3n) is 3.82. The minimum atomic E-state index is -0.174. The van der Waals surface area contributed by atoms with Crippen molar-refractivity contribution in [3.05, 3.63) is 64.6 Å². The van der Waals surface area contributed by atoms with E-state index < -0.39 is 0 Å². The van der Waals surface area contributed by atoms with Gasteiger partial charge in [-0.1, -0.05) is 17.7 Å². The van der Waals surface area contributed by atoms with Crippen molar-refractivity contribution in [2.45, 2.75) is 13.8 Å². The van der Waals surface area contributed by atoms with Gasteiger partial charge in [-0.15, -0.1) is 5.10 Å². The van der Waals surface area contributed by atoms with Gasteiger partial charge >= 0.3 is 0 Å². The number of hydrogen-bond acceptors (Lipinski definition) is 5. The Morgan fingerprint density at radius 2 is 2.00 bits per heavy atom. The number of aromatic nitrogens is 4. The van der Waals surface area contributed by atoms with Crippen LogP contribution in [0.3, 0.4) is 0 Å². The van der Waals surface area contributed by atoms with Gasteiger partial charge in [-0.2, -0.15) is 10.2 Å². The lowest BCUT2D eigenvalue weighted by molar-refractivity contribution is 0.0954. The summed E-state index contributed by atoms with van der Waals surface area (Å²) in [4.78, 5) is 12.4. The Hall–Kier alpha value is -2.93. The second-order valence-corrected chi connectivity index (χ2v) is 6.21. The van der Waals surface area contributed by atoms with Gasteiger partial charge in [0.1, 0.15) is 5.82 Å². The fraction of sp³-hybridized carbons (Fsp3) is 0.222. The van der Waals surface area contributed by atoms with Crippen LogP contribution in [0, 0.1) is 13.8 Å². The van der Waals surface area contributed by atoms with Crippen LogP contribution >= 0.6 is 11.6 Å². The molecule has 0 unspecified atom stereocenters. The Morgan fingerprint density at radius 3 is 2.73 bits per heavy atom. The minimum absolute atomic E-state index is 0.174. The zero-order valence-corrected chi connectivity index (χ0v) is 15.3. The molecule has 0 spiro atoms. The predicted octanol–water partition coefficient (Wildman–Crippen LogP) is 2.77. The van der Waals surface area contributed by atoms with Crippen LogP contribution in [0.25, 0.3) is 5.69 Å². The first-order valence-corrected chi connectivity index (χ1v) is 8.55. The lowest BCUT2D eigenvalue weighted by Crippen LogP contribution is -2.29. The van der Waals surface area contributed by atoms with Crippen molar-refractivity contribution < 1.29 is 4.79 Å². The summed E-state index contributed by atoms with van der Waals surface area (Å²) < 4.78 is 1.70. The van der Waals surface area contributed by atoms with Crippen molar-refractivity contribution in [3.63, 3.8) is 0 Å². The number of halogens is 1. The molecule has 1 aromatic carbocycles. The molecule has 0 aliphatic heterocycles. The predicted molar refractivity (Wildman–Crippen MR) is 101 cm³/mol. The van der Waals surface area contributed by atoms with E-state index in [1.807, 2.05) is 38.1 Å². The van der Waals surface area contributed by atoms with E-state index in [2.05, 4.69) is 25.9 Å². The summed E-state index contributed by atoms with van der Waals surface area (Å²) in [7, 11) is 0. The number of amides is 1. The average molecular weight is 371 g/mol. The number of aryl methyl sites for hydroxylation is 1. The first kappa shape index (κ1) is 17.9. The lowest BCUT2D eigenvalue weighted by atomic mass is 10.2. The van der Waals surface area contributed by atoms with Gasteiger partial charge in [0.15, 0.2) is 0 Å². The van der Waals surface area contributed by atoms with Crippen LogP contribution in [0.2, 0.25) is 5.02 Å². The summed E-state index contributed by atoms with van der Waals surface area (Å²) in [6.07, 6.45) is 1.56. The monoisotopic (exact) mass is 370 g/mol. The molecule has 2 heterocycles. The number of carbonyl (C=O) groups is 1. The van der Waals surface area contributed by atoms with Gasteiger partial charge in [0.2, 0.25) is 0 Å². The van der Waals surface area contributed by atoms with Gasteiger partial charge in [0, 0.05) is 18.1 Å². The van der Waals surface area contributed by atoms with Crippen LogP contribution in [-0.2, 0) is 0 Å². The summed E-state index contributed by atoms with van der Waals surface area (Å²) in [6, 6.07) is 11.1. The zero-order valence-electron chi connectivity index (χ0n) is 14.5. The molecule has 0 radical (unpaired) electrons. The SMILES string of the molecule is Cc1ccc(NCCNC(=O)c2cnn(-c3cccc(Cl)c3)c2C)nn1. The Morgan fingerprint density at radius 1 is 1.15 bits per heavy atom. The molecule has 3 aromatic rings. The molecule has 7 nitrogen and oxygen atoms in total. The zero-order chi connectivity index (χ0) is 18.5. The van der Waals surface area contributed by atoms with E-state index >= 15 is 0 Å². The highest BCUT2D eigenvalue weighted by molar-refractivity contribution is 6.30. The molecule has 0 aliphatic carbocycles. The Labute approximate surface area is 156 Å². The van der Waals surface area contributed by atoms with Crippen molar-refractivity contribution >= 4 is 23.3 Å². The topological polar surface area (TPSA) is 84.7 Å². The molecule has 2 aromatic heterocycles. The number of benzene rings is 1. The Bertz CT molecular complexity index is 906. The summed E-state index contributed by atoms with van der Waals surface area (Å²) in [5.74, 6) is 0.502. The Kier molecular flexibility index (Phi) is 5.48. The maximum absolute atomic E-state index is 12.4. The van der Waals surface area contributed by atoms with Crippen molar-refractivity contribution in [2.24, 2.45) is 0 Å². The molecule has 0 saturated carbocycles. The maximum Gasteiger partial charge on any atom is 0.254 e. The van der Waals surface area contributed by atoms with Crippen LogP contribution < -0.4 is 10.6 Å². The molecule has 2 N–H and O–H groups in total. The van der Waals surface area contributed by atoms with Crippen LogP contribution in [0.5, 0.6) is 0 Å². The van der Waals surface area contributed by atoms with Gasteiger partial charge in [-0.3, -0.25) is 4.79 Å². The molecule has 26 heavy (non-hydrogen) atoms. The van der Waals surface area contributed by atoms with E-state index in [0.29, 0.717) is 29.5 Å². The van der Waals surface area contributed by atoms with Gasteiger partial charge in [0.05, 0.1) is 28.8 Å². The highest BCUT2D eigenvalue weighted by Crippen LogP contribution is 2.17. The number of rotatable bonds is 6. The molecule has 0 atom stereocenters. The summed E-state index contributed by atoms with van der Waals surface area (Å²) in [5.41, 5.74) is 2.95. The molecule has 3 rings (SSSR count). The first-order chi connectivity index (χ1) is 12.5. The summed E-state index contributed by atoms with van der Waals surface area (Å²) in [5, 5.41) is 18.9. The lowest BCUT2D eigenvalue weighted by Gasteiger charge is -2.08. The van der Waals surface area contributed by atoms with E-state index in [0.717, 1.165) is 17.1 Å². The van der Waals surface area contributed by atoms with Crippen LogP contribution in [0.1, 0.15) is 21.7 Å². The Balaban J connectivity index is 1.57. The van der Waals surface area contributed by atoms with E-state index in [4.69, 9.17) is 11.6 Å². The normalized spacial score (nSPS) is 10.6. The van der Waals surface area contributed by atoms with E-state index in [1.165, 1.54) is 0 Å². The summed E-state index contributed by atoms with van der Waals surface area (Å²) >= 11 is 6.02. The second-order valence-electron chi connectivity index (χ2n) is 5.78. The number of anilines is 1. The quantitative estimate of drug-likeness (QED) is 0.652. The molecular weight excluding hydrogens is 352 g/mol. The average Bonchev–Trinajstić information content (AvgIpc) is 3.01. The molecule has 0 bridgehead atoms. The molecular formula is C18H19ClN6O. The van der Waals surface area contributed by atoms with Crippen molar-refractivity contribution in [1.29, 1.82) is 0 Å². The summed E-state index contributed by atoms with van der Waals surface area (Å²) in [6.45, 7) is 4.73. The van der Waals surface area contributed by atoms with Crippen molar-refractivity contribution in [1.82, 2.24) is 25.3 Å². The first-order valence-electron chi connectivity index (χ1n) is 8.17. The molecule has 8 heteroatoms.